The Morgan fingerprint density at radius 2 is 2.07 bits per heavy atom. The van der Waals surface area contributed by atoms with Crippen molar-refractivity contribution in [3.63, 3.8) is 0 Å². The molecule has 7 heteroatoms. The number of aryl methyl sites for hydroxylation is 1. The van der Waals surface area contributed by atoms with E-state index in [1.165, 1.54) is 12.8 Å². The molecule has 0 aliphatic heterocycles. The quantitative estimate of drug-likeness (QED) is 0.618. The lowest BCUT2D eigenvalue weighted by Gasteiger charge is -2.08. The Kier molecular flexibility index (Phi) is 6.19. The first-order valence-corrected chi connectivity index (χ1v) is 10.1. The molecule has 2 heterocycles. The van der Waals surface area contributed by atoms with Crippen molar-refractivity contribution >= 4 is 23.3 Å². The summed E-state index contributed by atoms with van der Waals surface area (Å²) in [6, 6.07) is 7.63. The summed E-state index contributed by atoms with van der Waals surface area (Å²) in [7, 11) is 0. The summed E-state index contributed by atoms with van der Waals surface area (Å²) in [5.41, 5.74) is 3.83. The molecule has 1 saturated carbocycles. The number of nitrogens with one attached hydrogen (secondary N) is 2. The third-order valence-electron chi connectivity index (χ3n) is 4.77. The minimum Gasteiger partial charge on any atom is -0.309 e. The van der Waals surface area contributed by atoms with Crippen LogP contribution in [0, 0.1) is 6.92 Å². The van der Waals surface area contributed by atoms with Crippen LogP contribution in [0.25, 0.3) is 5.69 Å². The van der Waals surface area contributed by atoms with E-state index in [1.54, 1.807) is 10.9 Å². The van der Waals surface area contributed by atoms with Crippen LogP contribution in [-0.2, 0) is 4.79 Å². The number of rotatable bonds is 5. The standard InChI is InChI=1S/C19H20ClN5O.C2H6/c1-11-7-15(5-6-16(11)20)25-10-14(9-21-25)12(2)19(26)22-18-8-17(23-24-18)13-3-4-13;1-2/h5-10,12-13H,3-4H2,1-2H3,(H2,22,23,24,26);1-2H3. The molecule has 1 atom stereocenters. The summed E-state index contributed by atoms with van der Waals surface area (Å²) >= 11 is 6.08. The second-order valence-electron chi connectivity index (χ2n) is 6.85. The van der Waals surface area contributed by atoms with Crippen LogP contribution < -0.4 is 5.32 Å². The third kappa shape index (κ3) is 4.44. The smallest absolute Gasteiger partial charge is 0.232 e. The van der Waals surface area contributed by atoms with E-state index in [2.05, 4.69) is 20.6 Å². The number of hydrogen-bond acceptors (Lipinski definition) is 3. The molecule has 0 bridgehead atoms. The maximum absolute atomic E-state index is 12.5. The fraction of sp³-hybridized carbons (Fsp3) is 0.381. The highest BCUT2D eigenvalue weighted by Crippen LogP contribution is 2.39. The summed E-state index contributed by atoms with van der Waals surface area (Å²) in [5, 5.41) is 15.1. The van der Waals surface area contributed by atoms with Crippen LogP contribution in [-0.4, -0.2) is 25.9 Å². The van der Waals surface area contributed by atoms with E-state index in [4.69, 9.17) is 11.6 Å². The number of amides is 1. The van der Waals surface area contributed by atoms with Crippen LogP contribution in [0.3, 0.4) is 0 Å². The van der Waals surface area contributed by atoms with Gasteiger partial charge in [-0.2, -0.15) is 10.2 Å². The number of halogens is 1. The summed E-state index contributed by atoms with van der Waals surface area (Å²) in [4.78, 5) is 12.5. The number of aromatic nitrogens is 4. The molecule has 3 aromatic rings. The first-order valence-electron chi connectivity index (χ1n) is 9.68. The molecule has 0 spiro atoms. The molecule has 1 amide bonds. The summed E-state index contributed by atoms with van der Waals surface area (Å²) in [5.74, 6) is 0.708. The summed E-state index contributed by atoms with van der Waals surface area (Å²) < 4.78 is 1.75. The minimum atomic E-state index is -0.335. The van der Waals surface area contributed by atoms with E-state index >= 15 is 0 Å². The van der Waals surface area contributed by atoms with Gasteiger partial charge in [0.15, 0.2) is 5.82 Å². The van der Waals surface area contributed by atoms with Crippen molar-refractivity contribution in [2.24, 2.45) is 0 Å². The Bertz CT molecular complexity index is 957. The van der Waals surface area contributed by atoms with Crippen LogP contribution >= 0.6 is 11.6 Å². The van der Waals surface area contributed by atoms with Crippen LogP contribution in [0.15, 0.2) is 36.7 Å². The second-order valence-corrected chi connectivity index (χ2v) is 7.25. The average Bonchev–Trinajstić information content (AvgIpc) is 3.25. The molecule has 1 aromatic carbocycles. The van der Waals surface area contributed by atoms with Crippen molar-refractivity contribution in [2.45, 2.75) is 52.4 Å². The Morgan fingerprint density at radius 1 is 1.32 bits per heavy atom. The van der Waals surface area contributed by atoms with Crippen LogP contribution in [0.5, 0.6) is 0 Å². The molecule has 1 aliphatic rings. The van der Waals surface area contributed by atoms with Gasteiger partial charge in [0, 0.05) is 34.5 Å². The molecule has 1 fully saturated rings. The van der Waals surface area contributed by atoms with Crippen molar-refractivity contribution in [3.8, 4) is 5.69 Å². The lowest BCUT2D eigenvalue weighted by Crippen LogP contribution is -2.18. The van der Waals surface area contributed by atoms with Crippen LogP contribution in [0.4, 0.5) is 5.82 Å². The number of aromatic amines is 1. The van der Waals surface area contributed by atoms with Crippen molar-refractivity contribution in [1.82, 2.24) is 20.0 Å². The van der Waals surface area contributed by atoms with Gasteiger partial charge in [0.05, 0.1) is 17.8 Å². The van der Waals surface area contributed by atoms with Gasteiger partial charge in [-0.1, -0.05) is 25.4 Å². The van der Waals surface area contributed by atoms with E-state index in [0.717, 1.165) is 27.5 Å². The molecule has 0 saturated heterocycles. The van der Waals surface area contributed by atoms with Gasteiger partial charge < -0.3 is 5.32 Å². The van der Waals surface area contributed by atoms with Crippen molar-refractivity contribution < 1.29 is 4.79 Å². The SMILES string of the molecule is CC.Cc1cc(-n2cc(C(C)C(=O)Nc3cc(C4CC4)[nH]n3)cn2)ccc1Cl. The van der Waals surface area contributed by atoms with E-state index in [1.807, 2.05) is 58.2 Å². The fourth-order valence-electron chi connectivity index (χ4n) is 2.86. The number of nitrogens with zero attached hydrogens (tertiary/aromatic N) is 3. The zero-order valence-corrected chi connectivity index (χ0v) is 17.4. The van der Waals surface area contributed by atoms with Gasteiger partial charge in [0.25, 0.3) is 0 Å². The fourth-order valence-corrected chi connectivity index (χ4v) is 2.98. The Morgan fingerprint density at radius 3 is 2.75 bits per heavy atom. The molecular weight excluding hydrogens is 374 g/mol. The van der Waals surface area contributed by atoms with Gasteiger partial charge in [-0.05, 0) is 50.5 Å². The number of carbonyl (C=O) groups excluding carboxylic acids is 1. The maximum Gasteiger partial charge on any atom is 0.232 e. The predicted molar refractivity (Wildman–Crippen MR) is 112 cm³/mol. The zero-order valence-electron chi connectivity index (χ0n) is 16.7. The highest BCUT2D eigenvalue weighted by molar-refractivity contribution is 6.31. The predicted octanol–water partition coefficient (Wildman–Crippen LogP) is 5.20. The zero-order chi connectivity index (χ0) is 20.3. The Hall–Kier alpha value is -2.60. The highest BCUT2D eigenvalue weighted by Gasteiger charge is 2.26. The van der Waals surface area contributed by atoms with Gasteiger partial charge in [0.1, 0.15) is 0 Å². The molecular formula is C21H26ClN5O. The van der Waals surface area contributed by atoms with Gasteiger partial charge >= 0.3 is 0 Å². The first-order chi connectivity index (χ1) is 13.5. The number of anilines is 1. The van der Waals surface area contributed by atoms with Gasteiger partial charge in [-0.3, -0.25) is 9.89 Å². The number of carbonyl (C=O) groups is 1. The number of H-pyrrole nitrogens is 1. The Balaban J connectivity index is 0.00000109. The van der Waals surface area contributed by atoms with Crippen molar-refractivity contribution in [1.29, 1.82) is 0 Å². The topological polar surface area (TPSA) is 75.6 Å². The molecule has 1 aliphatic carbocycles. The van der Waals surface area contributed by atoms with E-state index in [9.17, 15) is 4.79 Å². The first kappa shape index (κ1) is 20.1. The molecule has 0 radical (unpaired) electrons. The molecule has 6 nitrogen and oxygen atoms in total. The number of hydrogen-bond donors (Lipinski definition) is 2. The second kappa shape index (κ2) is 8.61. The van der Waals surface area contributed by atoms with E-state index in [0.29, 0.717) is 11.7 Å². The van der Waals surface area contributed by atoms with Gasteiger partial charge in [-0.25, -0.2) is 4.68 Å². The molecule has 28 heavy (non-hydrogen) atoms. The summed E-state index contributed by atoms with van der Waals surface area (Å²) in [6.07, 6.45) is 5.96. The third-order valence-corrected chi connectivity index (χ3v) is 5.19. The molecule has 2 aromatic heterocycles. The van der Waals surface area contributed by atoms with Gasteiger partial charge in [-0.15, -0.1) is 0 Å². The molecule has 148 valence electrons. The van der Waals surface area contributed by atoms with Gasteiger partial charge in [0.2, 0.25) is 5.91 Å². The number of benzene rings is 1. The Labute approximate surface area is 170 Å². The average molecular weight is 400 g/mol. The van der Waals surface area contributed by atoms with Crippen molar-refractivity contribution in [2.75, 3.05) is 5.32 Å². The van der Waals surface area contributed by atoms with Crippen LogP contribution in [0.1, 0.15) is 62.3 Å². The maximum atomic E-state index is 12.5. The summed E-state index contributed by atoms with van der Waals surface area (Å²) in [6.45, 7) is 7.81. The lowest BCUT2D eigenvalue weighted by atomic mass is 10.0. The minimum absolute atomic E-state index is 0.106. The molecule has 2 N–H and O–H groups in total. The monoisotopic (exact) mass is 399 g/mol. The van der Waals surface area contributed by atoms with E-state index < -0.39 is 0 Å². The van der Waals surface area contributed by atoms with Crippen LogP contribution in [0.2, 0.25) is 5.02 Å². The normalized spacial score (nSPS) is 14.2. The largest absolute Gasteiger partial charge is 0.309 e. The van der Waals surface area contributed by atoms with E-state index in [-0.39, 0.29) is 11.8 Å². The molecule has 1 unspecified atom stereocenters. The highest BCUT2D eigenvalue weighted by atomic mass is 35.5. The molecule has 4 rings (SSSR count). The lowest BCUT2D eigenvalue weighted by molar-refractivity contribution is -0.117. The van der Waals surface area contributed by atoms with Crippen molar-refractivity contribution in [3.05, 3.63) is 58.5 Å².